The topological polar surface area (TPSA) is 75.9 Å². The average Bonchev–Trinajstić information content (AvgIpc) is 3.10. The van der Waals surface area contributed by atoms with Crippen molar-refractivity contribution in [2.45, 2.75) is 41.7 Å². The van der Waals surface area contributed by atoms with Crippen LogP contribution in [0, 0.1) is 0 Å². The van der Waals surface area contributed by atoms with E-state index in [9.17, 15) is 9.59 Å². The molecule has 0 bridgehead atoms. The van der Waals surface area contributed by atoms with Gasteiger partial charge >= 0.3 is 5.97 Å². The number of β-lactam (4-membered cyclic amide) rings is 1. The highest BCUT2D eigenvalue weighted by molar-refractivity contribution is 8.01. The second kappa shape index (κ2) is 7.63. The number of esters is 1. The number of hydrogen-bond donors (Lipinski definition) is 1. The molecule has 3 fully saturated rings. The van der Waals surface area contributed by atoms with Crippen molar-refractivity contribution < 1.29 is 14.3 Å². The molecule has 0 saturated carbocycles. The molecule has 3 atom stereocenters. The number of rotatable bonds is 4. The number of nitrogens with two attached hydrogens (primary N) is 1. The molecule has 2 N–H and O–H groups in total. The lowest BCUT2D eigenvalue weighted by Crippen LogP contribution is -2.69. The number of anilines is 1. The Morgan fingerprint density at radius 2 is 1.70 bits per heavy atom. The van der Waals surface area contributed by atoms with E-state index in [2.05, 4.69) is 17.0 Å². The van der Waals surface area contributed by atoms with Crippen LogP contribution < -0.4 is 10.6 Å². The van der Waals surface area contributed by atoms with Gasteiger partial charge in [-0.1, -0.05) is 48.5 Å². The number of piperidine rings is 1. The summed E-state index contributed by atoms with van der Waals surface area (Å²) in [7, 11) is 0. The first-order valence-electron chi connectivity index (χ1n) is 10.4. The number of carbonyl (C=O) groups excluding carboxylic acids is 2. The van der Waals surface area contributed by atoms with Crippen LogP contribution in [-0.4, -0.2) is 52.1 Å². The number of carbonyl (C=O) groups is 2. The van der Waals surface area contributed by atoms with Crippen molar-refractivity contribution in [2.75, 3.05) is 18.0 Å². The van der Waals surface area contributed by atoms with Gasteiger partial charge in [0.25, 0.3) is 0 Å². The molecule has 2 aromatic carbocycles. The van der Waals surface area contributed by atoms with E-state index in [1.165, 1.54) is 5.69 Å². The van der Waals surface area contributed by atoms with Crippen LogP contribution in [0.25, 0.3) is 0 Å². The van der Waals surface area contributed by atoms with Crippen LogP contribution in [0.5, 0.6) is 0 Å². The molecule has 6 nitrogen and oxygen atoms in total. The Labute approximate surface area is 180 Å². The van der Waals surface area contributed by atoms with E-state index in [0.29, 0.717) is 0 Å². The van der Waals surface area contributed by atoms with Crippen molar-refractivity contribution >= 4 is 29.3 Å². The summed E-state index contributed by atoms with van der Waals surface area (Å²) in [6, 6.07) is 18.8. The molecule has 0 aliphatic carbocycles. The van der Waals surface area contributed by atoms with E-state index in [1.54, 1.807) is 16.7 Å². The van der Waals surface area contributed by atoms with Crippen molar-refractivity contribution in [3.8, 4) is 0 Å². The lowest BCUT2D eigenvalue weighted by Gasteiger charge is -2.44. The van der Waals surface area contributed by atoms with Crippen LogP contribution in [0.4, 0.5) is 5.69 Å². The fourth-order valence-corrected chi connectivity index (χ4v) is 6.62. The Bertz CT molecular complexity index is 931. The maximum absolute atomic E-state index is 13.2. The molecule has 1 spiro atoms. The SMILES string of the molecule is NC1C(=O)N2C(C(=O)OCc3ccccc3)C3(CCN(c4ccccc4)CC3)S[C@H]12. The third kappa shape index (κ3) is 3.17. The van der Waals surface area contributed by atoms with Crippen molar-refractivity contribution in [1.82, 2.24) is 4.90 Å². The standard InChI is InChI=1S/C23H25N3O3S/c24-18-20(27)26-19(22(28)29-15-16-7-3-1-4-8-16)23(30-21(18)26)11-13-25(14-12-23)17-9-5-2-6-10-17/h1-10,18-19,21H,11-15,24H2/t18?,19?,21-/m1/s1. The molecule has 156 valence electrons. The Morgan fingerprint density at radius 1 is 1.07 bits per heavy atom. The molecule has 2 unspecified atom stereocenters. The number of amides is 1. The molecule has 3 aliphatic rings. The van der Waals surface area contributed by atoms with Gasteiger partial charge in [-0.25, -0.2) is 4.79 Å². The zero-order chi connectivity index (χ0) is 20.7. The van der Waals surface area contributed by atoms with E-state index in [-0.39, 0.29) is 28.6 Å². The Balaban J connectivity index is 1.34. The number of fused-ring (bicyclic) bond motifs is 1. The molecule has 0 aromatic heterocycles. The monoisotopic (exact) mass is 423 g/mol. The predicted octanol–water partition coefficient (Wildman–Crippen LogP) is 2.38. The zero-order valence-corrected chi connectivity index (χ0v) is 17.5. The summed E-state index contributed by atoms with van der Waals surface area (Å²) in [6.45, 7) is 1.89. The number of hydrogen-bond acceptors (Lipinski definition) is 6. The lowest BCUT2D eigenvalue weighted by atomic mass is 9.85. The van der Waals surface area contributed by atoms with Gasteiger partial charge in [0.2, 0.25) is 5.91 Å². The summed E-state index contributed by atoms with van der Waals surface area (Å²) in [6.07, 6.45) is 1.62. The largest absolute Gasteiger partial charge is 0.459 e. The van der Waals surface area contributed by atoms with Gasteiger partial charge in [0.1, 0.15) is 24.1 Å². The van der Waals surface area contributed by atoms with Gasteiger partial charge in [0.05, 0.1) is 4.75 Å². The molecule has 1 amide bonds. The minimum Gasteiger partial charge on any atom is -0.459 e. The number of nitrogens with zero attached hydrogens (tertiary/aromatic N) is 2. The summed E-state index contributed by atoms with van der Waals surface area (Å²) in [5.74, 6) is -0.459. The van der Waals surface area contributed by atoms with Gasteiger partial charge < -0.3 is 20.3 Å². The molecule has 3 aliphatic heterocycles. The molecule has 3 saturated heterocycles. The fraction of sp³-hybridized carbons (Fsp3) is 0.391. The van der Waals surface area contributed by atoms with Crippen LogP contribution >= 0.6 is 11.8 Å². The van der Waals surface area contributed by atoms with Gasteiger partial charge in [-0.3, -0.25) is 4.79 Å². The summed E-state index contributed by atoms with van der Waals surface area (Å²) in [5, 5.41) is -0.130. The molecular weight excluding hydrogens is 398 g/mol. The third-order valence-corrected chi connectivity index (χ3v) is 8.29. The van der Waals surface area contributed by atoms with Gasteiger partial charge in [-0.05, 0) is 30.5 Å². The number of benzene rings is 2. The summed E-state index contributed by atoms with van der Waals surface area (Å²) in [4.78, 5) is 29.7. The van der Waals surface area contributed by atoms with E-state index in [4.69, 9.17) is 10.5 Å². The van der Waals surface area contributed by atoms with E-state index in [1.807, 2.05) is 48.5 Å². The molecule has 7 heteroatoms. The highest BCUT2D eigenvalue weighted by atomic mass is 32.2. The minimum absolute atomic E-state index is 0.130. The molecule has 5 rings (SSSR count). The predicted molar refractivity (Wildman–Crippen MR) is 117 cm³/mol. The van der Waals surface area contributed by atoms with Gasteiger partial charge in [0.15, 0.2) is 0 Å². The van der Waals surface area contributed by atoms with Crippen molar-refractivity contribution in [1.29, 1.82) is 0 Å². The Hall–Kier alpha value is -2.51. The number of para-hydroxylation sites is 1. The summed E-state index contributed by atoms with van der Waals surface area (Å²) < 4.78 is 5.35. The van der Waals surface area contributed by atoms with Crippen molar-refractivity contribution in [2.24, 2.45) is 5.73 Å². The first-order chi connectivity index (χ1) is 14.6. The van der Waals surface area contributed by atoms with Gasteiger partial charge in [0, 0.05) is 18.8 Å². The summed E-state index contributed by atoms with van der Waals surface area (Å²) >= 11 is 1.70. The van der Waals surface area contributed by atoms with Crippen LogP contribution in [0.3, 0.4) is 0 Å². The smallest absolute Gasteiger partial charge is 0.330 e. The van der Waals surface area contributed by atoms with Gasteiger partial charge in [-0.15, -0.1) is 11.8 Å². The first-order valence-corrected chi connectivity index (χ1v) is 11.2. The lowest BCUT2D eigenvalue weighted by molar-refractivity contribution is -0.164. The highest BCUT2D eigenvalue weighted by Crippen LogP contribution is 2.55. The van der Waals surface area contributed by atoms with Crippen LogP contribution in [0.15, 0.2) is 60.7 Å². The maximum Gasteiger partial charge on any atom is 0.330 e. The van der Waals surface area contributed by atoms with E-state index >= 15 is 0 Å². The number of ether oxygens (including phenoxy) is 1. The van der Waals surface area contributed by atoms with Crippen LogP contribution in [0.1, 0.15) is 18.4 Å². The molecule has 3 heterocycles. The molecule has 30 heavy (non-hydrogen) atoms. The second-order valence-electron chi connectivity index (χ2n) is 8.16. The van der Waals surface area contributed by atoms with Gasteiger partial charge in [-0.2, -0.15) is 0 Å². The molecular formula is C23H25N3O3S. The molecule has 0 radical (unpaired) electrons. The zero-order valence-electron chi connectivity index (χ0n) is 16.6. The van der Waals surface area contributed by atoms with Crippen LogP contribution in [0.2, 0.25) is 0 Å². The summed E-state index contributed by atoms with van der Waals surface area (Å²) in [5.41, 5.74) is 8.20. The number of thioether (sulfide) groups is 1. The van der Waals surface area contributed by atoms with E-state index in [0.717, 1.165) is 31.5 Å². The van der Waals surface area contributed by atoms with Crippen molar-refractivity contribution in [3.05, 3.63) is 66.2 Å². The maximum atomic E-state index is 13.2. The average molecular weight is 424 g/mol. The Kier molecular flexibility index (Phi) is 4.95. The first kappa shape index (κ1) is 19.5. The van der Waals surface area contributed by atoms with Crippen molar-refractivity contribution in [3.63, 3.8) is 0 Å². The Morgan fingerprint density at radius 3 is 2.37 bits per heavy atom. The molecule has 2 aromatic rings. The quantitative estimate of drug-likeness (QED) is 0.601. The third-order valence-electron chi connectivity index (χ3n) is 6.43. The van der Waals surface area contributed by atoms with Crippen LogP contribution in [-0.2, 0) is 20.9 Å². The fourth-order valence-electron chi connectivity index (χ4n) is 4.78. The highest BCUT2D eigenvalue weighted by Gasteiger charge is 2.66. The normalized spacial score (nSPS) is 27.0. The minimum atomic E-state index is -0.568. The second-order valence-corrected chi connectivity index (χ2v) is 9.69. The van der Waals surface area contributed by atoms with E-state index < -0.39 is 12.1 Å².